The third-order valence-corrected chi connectivity index (χ3v) is 2.85. The van der Waals surface area contributed by atoms with E-state index in [0.717, 1.165) is 5.56 Å². The molecule has 116 valence electrons. The van der Waals surface area contributed by atoms with Crippen molar-refractivity contribution in [3.05, 3.63) is 35.9 Å². The zero-order chi connectivity index (χ0) is 15.7. The van der Waals surface area contributed by atoms with E-state index in [2.05, 4.69) is 5.32 Å². The minimum atomic E-state index is -0.817. The predicted octanol–water partition coefficient (Wildman–Crippen LogP) is 0.251. The summed E-state index contributed by atoms with van der Waals surface area (Å²) in [4.78, 5) is 23.9. The maximum Gasteiger partial charge on any atom is 0.328 e. The summed E-state index contributed by atoms with van der Waals surface area (Å²) in [6.45, 7) is 2.06. The Balaban J connectivity index is 2.73. The van der Waals surface area contributed by atoms with Gasteiger partial charge in [0.1, 0.15) is 12.1 Å². The third kappa shape index (κ3) is 5.93. The first-order valence-electron chi connectivity index (χ1n) is 6.84. The number of ether oxygens (including phenoxy) is 2. The van der Waals surface area contributed by atoms with Crippen LogP contribution >= 0.6 is 0 Å². The van der Waals surface area contributed by atoms with E-state index in [1.54, 1.807) is 6.92 Å². The highest BCUT2D eigenvalue weighted by Gasteiger charge is 2.25. The van der Waals surface area contributed by atoms with Crippen molar-refractivity contribution >= 4 is 11.9 Å². The van der Waals surface area contributed by atoms with E-state index in [-0.39, 0.29) is 13.2 Å². The Kier molecular flexibility index (Phi) is 7.42. The molecule has 3 N–H and O–H groups in total. The monoisotopic (exact) mass is 294 g/mol. The average molecular weight is 294 g/mol. The molecule has 0 radical (unpaired) electrons. The van der Waals surface area contributed by atoms with Crippen molar-refractivity contribution in [3.8, 4) is 0 Å². The molecule has 0 aromatic heterocycles. The molecule has 0 aliphatic rings. The van der Waals surface area contributed by atoms with Crippen molar-refractivity contribution < 1.29 is 19.1 Å². The van der Waals surface area contributed by atoms with Crippen LogP contribution in [0, 0.1) is 0 Å². The fourth-order valence-electron chi connectivity index (χ4n) is 1.82. The van der Waals surface area contributed by atoms with E-state index in [9.17, 15) is 9.59 Å². The molecule has 0 saturated heterocycles. The van der Waals surface area contributed by atoms with Gasteiger partial charge in [0, 0.05) is 13.5 Å². The molecule has 0 bridgehead atoms. The number of amides is 1. The van der Waals surface area contributed by atoms with Gasteiger partial charge in [0.2, 0.25) is 5.91 Å². The topological polar surface area (TPSA) is 90.7 Å². The molecular formula is C15H22N2O4. The van der Waals surface area contributed by atoms with Gasteiger partial charge in [0.25, 0.3) is 0 Å². The van der Waals surface area contributed by atoms with Crippen LogP contribution in [0.1, 0.15) is 12.5 Å². The van der Waals surface area contributed by atoms with Crippen LogP contribution in [-0.4, -0.2) is 44.3 Å². The Morgan fingerprint density at radius 2 is 1.95 bits per heavy atom. The lowest BCUT2D eigenvalue weighted by atomic mass is 10.1. The number of carbonyl (C=O) groups excluding carboxylic acids is 2. The Hall–Kier alpha value is -1.92. The van der Waals surface area contributed by atoms with Gasteiger partial charge in [-0.1, -0.05) is 30.3 Å². The number of rotatable bonds is 8. The van der Waals surface area contributed by atoms with Gasteiger partial charge in [0.15, 0.2) is 0 Å². The number of nitrogens with one attached hydrogen (secondary N) is 1. The Bertz CT molecular complexity index is 450. The summed E-state index contributed by atoms with van der Waals surface area (Å²) >= 11 is 0. The molecular weight excluding hydrogens is 272 g/mol. The molecule has 1 aromatic carbocycles. The number of benzene rings is 1. The molecule has 0 saturated carbocycles. The number of nitrogens with two attached hydrogens (primary N) is 1. The zero-order valence-electron chi connectivity index (χ0n) is 12.4. The van der Waals surface area contributed by atoms with E-state index < -0.39 is 24.0 Å². The van der Waals surface area contributed by atoms with Crippen LogP contribution in [0.3, 0.4) is 0 Å². The van der Waals surface area contributed by atoms with Gasteiger partial charge in [-0.2, -0.15) is 0 Å². The summed E-state index contributed by atoms with van der Waals surface area (Å²) in [6, 6.07) is 7.81. The fraction of sp³-hybridized carbons (Fsp3) is 0.467. The van der Waals surface area contributed by atoms with E-state index in [0.29, 0.717) is 6.42 Å². The summed E-state index contributed by atoms with van der Waals surface area (Å²) in [5.74, 6) is -0.912. The second-order valence-electron chi connectivity index (χ2n) is 4.56. The standard InChI is InChI=1S/C15H22N2O4/c1-3-21-15(19)13(9-11-7-5-4-6-8-11)17-14(18)12(16)10-20-2/h4-8,12-13H,3,9-10,16H2,1-2H3,(H,17,18). The van der Waals surface area contributed by atoms with Gasteiger partial charge in [0.05, 0.1) is 13.2 Å². The normalized spacial score (nSPS) is 13.3. The number of carbonyl (C=O) groups is 2. The molecule has 1 aromatic rings. The van der Waals surface area contributed by atoms with E-state index in [1.165, 1.54) is 7.11 Å². The minimum absolute atomic E-state index is 0.0900. The maximum atomic E-state index is 12.0. The molecule has 0 heterocycles. The summed E-state index contributed by atoms with van der Waals surface area (Å²) in [6.07, 6.45) is 0.352. The molecule has 0 fully saturated rings. The largest absolute Gasteiger partial charge is 0.464 e. The van der Waals surface area contributed by atoms with Crippen molar-refractivity contribution in [3.63, 3.8) is 0 Å². The highest BCUT2D eigenvalue weighted by molar-refractivity contribution is 5.87. The lowest BCUT2D eigenvalue weighted by Crippen LogP contribution is -2.51. The molecule has 2 unspecified atom stereocenters. The van der Waals surface area contributed by atoms with Crippen molar-refractivity contribution in [2.24, 2.45) is 5.73 Å². The highest BCUT2D eigenvalue weighted by Crippen LogP contribution is 2.05. The Morgan fingerprint density at radius 1 is 1.29 bits per heavy atom. The summed E-state index contributed by atoms with van der Waals surface area (Å²) < 4.78 is 9.82. The number of methoxy groups -OCH3 is 1. The van der Waals surface area contributed by atoms with Crippen molar-refractivity contribution in [2.45, 2.75) is 25.4 Å². The van der Waals surface area contributed by atoms with E-state index >= 15 is 0 Å². The maximum absolute atomic E-state index is 12.0. The van der Waals surface area contributed by atoms with Crippen LogP contribution in [0.4, 0.5) is 0 Å². The second kappa shape index (κ2) is 9.10. The quantitative estimate of drug-likeness (QED) is 0.671. The lowest BCUT2D eigenvalue weighted by Gasteiger charge is -2.19. The van der Waals surface area contributed by atoms with Crippen molar-refractivity contribution in [2.75, 3.05) is 20.3 Å². The zero-order valence-corrected chi connectivity index (χ0v) is 12.4. The molecule has 6 heteroatoms. The molecule has 1 amide bonds. The molecule has 1 rings (SSSR count). The predicted molar refractivity (Wildman–Crippen MR) is 78.6 cm³/mol. The van der Waals surface area contributed by atoms with Crippen molar-refractivity contribution in [1.82, 2.24) is 5.32 Å². The first kappa shape index (κ1) is 17.1. The Labute approximate surface area is 124 Å². The van der Waals surface area contributed by atoms with Gasteiger partial charge in [-0.3, -0.25) is 4.79 Å². The summed E-state index contributed by atoms with van der Waals surface area (Å²) in [5.41, 5.74) is 6.58. The lowest BCUT2D eigenvalue weighted by molar-refractivity contribution is -0.147. The first-order valence-corrected chi connectivity index (χ1v) is 6.84. The third-order valence-electron chi connectivity index (χ3n) is 2.85. The number of esters is 1. The number of hydrogen-bond donors (Lipinski definition) is 2. The average Bonchev–Trinajstić information content (AvgIpc) is 2.48. The van der Waals surface area contributed by atoms with Crippen LogP contribution in [-0.2, 0) is 25.5 Å². The SMILES string of the molecule is CCOC(=O)C(Cc1ccccc1)NC(=O)C(N)COC. The van der Waals surface area contributed by atoms with Gasteiger partial charge in [-0.15, -0.1) is 0 Å². The van der Waals surface area contributed by atoms with E-state index in [4.69, 9.17) is 15.2 Å². The molecule has 0 spiro atoms. The molecule has 21 heavy (non-hydrogen) atoms. The second-order valence-corrected chi connectivity index (χ2v) is 4.56. The fourth-order valence-corrected chi connectivity index (χ4v) is 1.82. The van der Waals surface area contributed by atoms with Crippen molar-refractivity contribution in [1.29, 1.82) is 0 Å². The van der Waals surface area contributed by atoms with Crippen LogP contribution in [0.5, 0.6) is 0 Å². The van der Waals surface area contributed by atoms with Crippen LogP contribution in [0.15, 0.2) is 30.3 Å². The smallest absolute Gasteiger partial charge is 0.328 e. The summed E-state index contributed by atoms with van der Waals surface area (Å²) in [7, 11) is 1.46. The number of hydrogen-bond acceptors (Lipinski definition) is 5. The molecule has 0 aliphatic carbocycles. The highest BCUT2D eigenvalue weighted by atomic mass is 16.5. The van der Waals surface area contributed by atoms with Gasteiger partial charge in [-0.25, -0.2) is 4.79 Å². The summed E-state index contributed by atoms with van der Waals surface area (Å²) in [5, 5.41) is 2.62. The molecule has 6 nitrogen and oxygen atoms in total. The van der Waals surface area contributed by atoms with Gasteiger partial charge in [-0.05, 0) is 12.5 Å². The minimum Gasteiger partial charge on any atom is -0.464 e. The molecule has 0 aliphatic heterocycles. The Morgan fingerprint density at radius 3 is 2.52 bits per heavy atom. The van der Waals surface area contributed by atoms with Crippen LogP contribution in [0.2, 0.25) is 0 Å². The van der Waals surface area contributed by atoms with Gasteiger partial charge >= 0.3 is 5.97 Å². The first-order chi connectivity index (χ1) is 10.1. The van der Waals surface area contributed by atoms with E-state index in [1.807, 2.05) is 30.3 Å². The van der Waals surface area contributed by atoms with Crippen LogP contribution in [0.25, 0.3) is 0 Å². The van der Waals surface area contributed by atoms with Gasteiger partial charge < -0.3 is 20.5 Å². The van der Waals surface area contributed by atoms with Crippen LogP contribution < -0.4 is 11.1 Å². The molecule has 2 atom stereocenters.